The molecule has 0 unspecified atom stereocenters. The Bertz CT molecular complexity index is 449. The second-order valence-electron chi connectivity index (χ2n) is 10.8. The SMILES string of the molecule is CCCCCC1CCC(C(=O)OC2CCC(C3CCC(CCC)CC3)CC2)CC1. The largest absolute Gasteiger partial charge is 0.462 e. The second-order valence-corrected chi connectivity index (χ2v) is 10.8. The third-order valence-electron chi connectivity index (χ3n) is 8.65. The lowest BCUT2D eigenvalue weighted by molar-refractivity contribution is -0.157. The van der Waals surface area contributed by atoms with Gasteiger partial charge in [-0.1, -0.05) is 65.2 Å². The van der Waals surface area contributed by atoms with E-state index in [1.807, 2.05) is 0 Å². The van der Waals surface area contributed by atoms with Gasteiger partial charge >= 0.3 is 5.97 Å². The summed E-state index contributed by atoms with van der Waals surface area (Å²) in [6.45, 7) is 4.60. The fourth-order valence-electron chi connectivity index (χ4n) is 6.66. The molecule has 0 heterocycles. The van der Waals surface area contributed by atoms with Crippen LogP contribution in [0.3, 0.4) is 0 Å². The highest BCUT2D eigenvalue weighted by molar-refractivity contribution is 5.72. The quantitative estimate of drug-likeness (QED) is 0.287. The van der Waals surface area contributed by atoms with Gasteiger partial charge in [-0.25, -0.2) is 0 Å². The maximum atomic E-state index is 12.7. The lowest BCUT2D eigenvalue weighted by Crippen LogP contribution is -2.32. The van der Waals surface area contributed by atoms with Gasteiger partial charge < -0.3 is 4.74 Å². The lowest BCUT2D eigenvalue weighted by atomic mass is 9.70. The van der Waals surface area contributed by atoms with E-state index in [2.05, 4.69) is 13.8 Å². The highest BCUT2D eigenvalue weighted by atomic mass is 16.5. The molecule has 0 aromatic rings. The van der Waals surface area contributed by atoms with Gasteiger partial charge in [-0.2, -0.15) is 0 Å². The Hall–Kier alpha value is -0.530. The number of hydrogen-bond donors (Lipinski definition) is 0. The van der Waals surface area contributed by atoms with Crippen molar-refractivity contribution in [2.24, 2.45) is 29.6 Å². The first-order valence-electron chi connectivity index (χ1n) is 13.4. The smallest absolute Gasteiger partial charge is 0.309 e. The lowest BCUT2D eigenvalue weighted by Gasteiger charge is -2.38. The molecule has 0 aliphatic heterocycles. The minimum Gasteiger partial charge on any atom is -0.462 e. The summed E-state index contributed by atoms with van der Waals surface area (Å²) in [7, 11) is 0. The predicted molar refractivity (Wildman–Crippen MR) is 122 cm³/mol. The summed E-state index contributed by atoms with van der Waals surface area (Å²) in [5, 5.41) is 0. The van der Waals surface area contributed by atoms with Crippen molar-refractivity contribution in [1.82, 2.24) is 0 Å². The topological polar surface area (TPSA) is 26.3 Å². The molecule has 0 saturated heterocycles. The van der Waals surface area contributed by atoms with Crippen LogP contribution in [0.5, 0.6) is 0 Å². The Kier molecular flexibility index (Phi) is 9.86. The third-order valence-corrected chi connectivity index (χ3v) is 8.65. The predicted octanol–water partition coefficient (Wildman–Crippen LogP) is 8.08. The Morgan fingerprint density at radius 1 is 0.655 bits per heavy atom. The van der Waals surface area contributed by atoms with Crippen LogP contribution in [0.15, 0.2) is 0 Å². The molecular formula is C27H48O2. The van der Waals surface area contributed by atoms with E-state index in [9.17, 15) is 4.79 Å². The number of rotatable bonds is 9. The van der Waals surface area contributed by atoms with Gasteiger partial charge in [0.15, 0.2) is 0 Å². The second kappa shape index (κ2) is 12.4. The fraction of sp³-hybridized carbons (Fsp3) is 0.963. The number of hydrogen-bond acceptors (Lipinski definition) is 2. The number of carbonyl (C=O) groups excluding carboxylic acids is 1. The average Bonchev–Trinajstić information content (AvgIpc) is 2.76. The summed E-state index contributed by atoms with van der Waals surface area (Å²) < 4.78 is 6.01. The van der Waals surface area contributed by atoms with Crippen LogP contribution in [0.4, 0.5) is 0 Å². The summed E-state index contributed by atoms with van der Waals surface area (Å²) in [4.78, 5) is 12.7. The summed E-state index contributed by atoms with van der Waals surface area (Å²) in [6, 6.07) is 0. The van der Waals surface area contributed by atoms with Crippen molar-refractivity contribution in [2.45, 2.75) is 136 Å². The molecule has 29 heavy (non-hydrogen) atoms. The normalized spacial score (nSPS) is 35.9. The van der Waals surface area contributed by atoms with Gasteiger partial charge in [0.1, 0.15) is 6.10 Å². The van der Waals surface area contributed by atoms with E-state index in [1.54, 1.807) is 0 Å². The van der Waals surface area contributed by atoms with Gasteiger partial charge in [-0.05, 0) is 87.9 Å². The molecule has 3 rings (SSSR count). The first kappa shape index (κ1) is 23.1. The van der Waals surface area contributed by atoms with Crippen LogP contribution in [0, 0.1) is 29.6 Å². The van der Waals surface area contributed by atoms with Gasteiger partial charge in [0.25, 0.3) is 0 Å². The molecule has 2 nitrogen and oxygen atoms in total. The van der Waals surface area contributed by atoms with Crippen LogP contribution in [-0.4, -0.2) is 12.1 Å². The van der Waals surface area contributed by atoms with Crippen molar-refractivity contribution in [3.63, 3.8) is 0 Å². The zero-order valence-corrected chi connectivity index (χ0v) is 19.5. The van der Waals surface area contributed by atoms with Crippen molar-refractivity contribution in [2.75, 3.05) is 0 Å². The minimum atomic E-state index is 0.139. The van der Waals surface area contributed by atoms with Crippen molar-refractivity contribution in [1.29, 1.82) is 0 Å². The van der Waals surface area contributed by atoms with Gasteiger partial charge in [0.05, 0.1) is 5.92 Å². The zero-order chi connectivity index (χ0) is 20.5. The van der Waals surface area contributed by atoms with E-state index in [1.165, 1.54) is 89.9 Å². The molecule has 0 aromatic heterocycles. The third kappa shape index (κ3) is 7.28. The monoisotopic (exact) mass is 404 g/mol. The Balaban J connectivity index is 1.30. The van der Waals surface area contributed by atoms with Gasteiger partial charge in [0, 0.05) is 0 Å². The fourth-order valence-corrected chi connectivity index (χ4v) is 6.66. The molecule has 0 bridgehead atoms. The molecule has 0 amide bonds. The standard InChI is InChI=1S/C27H48O2/c1-3-5-6-8-22-11-15-25(16-12-22)27(28)29-26-19-17-24(18-20-26)23-13-9-21(7-4-2)10-14-23/h21-26H,3-20H2,1-2H3. The Morgan fingerprint density at radius 3 is 1.79 bits per heavy atom. The molecule has 168 valence electrons. The molecule has 2 heteroatoms. The Labute approximate surface area is 180 Å². The van der Waals surface area contributed by atoms with Crippen molar-refractivity contribution in [3.05, 3.63) is 0 Å². The first-order chi connectivity index (χ1) is 14.2. The van der Waals surface area contributed by atoms with Gasteiger partial charge in [0.2, 0.25) is 0 Å². The summed E-state index contributed by atoms with van der Waals surface area (Å²) in [5.74, 6) is 4.09. The van der Waals surface area contributed by atoms with Crippen LogP contribution in [0.2, 0.25) is 0 Å². The molecule has 3 saturated carbocycles. The molecule has 0 atom stereocenters. The summed E-state index contributed by atoms with van der Waals surface area (Å²) in [5.41, 5.74) is 0. The maximum Gasteiger partial charge on any atom is 0.309 e. The minimum absolute atomic E-state index is 0.139. The first-order valence-corrected chi connectivity index (χ1v) is 13.4. The van der Waals surface area contributed by atoms with Crippen LogP contribution >= 0.6 is 0 Å². The molecule has 0 aromatic carbocycles. The Morgan fingerprint density at radius 2 is 1.21 bits per heavy atom. The highest BCUT2D eigenvalue weighted by Gasteiger charge is 2.33. The average molecular weight is 405 g/mol. The van der Waals surface area contributed by atoms with Crippen LogP contribution < -0.4 is 0 Å². The van der Waals surface area contributed by atoms with E-state index >= 15 is 0 Å². The van der Waals surface area contributed by atoms with Gasteiger partial charge in [-0.15, -0.1) is 0 Å². The van der Waals surface area contributed by atoms with E-state index in [4.69, 9.17) is 4.74 Å². The molecule has 3 aliphatic rings. The summed E-state index contributed by atoms with van der Waals surface area (Å²) >= 11 is 0. The maximum absolute atomic E-state index is 12.7. The number of unbranched alkanes of at least 4 members (excludes halogenated alkanes) is 2. The van der Waals surface area contributed by atoms with Gasteiger partial charge in [-0.3, -0.25) is 4.79 Å². The van der Waals surface area contributed by atoms with E-state index in [0.29, 0.717) is 0 Å². The van der Waals surface area contributed by atoms with Crippen molar-refractivity contribution >= 4 is 5.97 Å². The number of ether oxygens (including phenoxy) is 1. The highest BCUT2D eigenvalue weighted by Crippen LogP contribution is 2.42. The van der Waals surface area contributed by atoms with Crippen LogP contribution in [-0.2, 0) is 9.53 Å². The number of esters is 1. The molecular weight excluding hydrogens is 356 g/mol. The molecule has 0 radical (unpaired) electrons. The molecule has 0 N–H and O–H groups in total. The van der Waals surface area contributed by atoms with Crippen molar-refractivity contribution in [3.8, 4) is 0 Å². The molecule has 3 fully saturated rings. The zero-order valence-electron chi connectivity index (χ0n) is 19.5. The molecule has 3 aliphatic carbocycles. The van der Waals surface area contributed by atoms with Crippen LogP contribution in [0.25, 0.3) is 0 Å². The van der Waals surface area contributed by atoms with Crippen molar-refractivity contribution < 1.29 is 9.53 Å². The van der Waals surface area contributed by atoms with E-state index in [-0.39, 0.29) is 18.0 Å². The van der Waals surface area contributed by atoms with Crippen LogP contribution in [0.1, 0.15) is 129 Å². The van der Waals surface area contributed by atoms with E-state index < -0.39 is 0 Å². The molecule has 0 spiro atoms. The van der Waals surface area contributed by atoms with E-state index in [0.717, 1.165) is 49.4 Å². The number of carbonyl (C=O) groups is 1. The summed E-state index contributed by atoms with van der Waals surface area (Å²) in [6.07, 6.45) is 23.8.